The number of halogens is 1. The molecule has 0 atom stereocenters. The number of ketones is 1. The van der Waals surface area contributed by atoms with E-state index in [9.17, 15) is 4.79 Å². The summed E-state index contributed by atoms with van der Waals surface area (Å²) in [5.74, 6) is 0.213. The fourth-order valence-electron chi connectivity index (χ4n) is 1.10. The van der Waals surface area contributed by atoms with Gasteiger partial charge in [-0.05, 0) is 5.56 Å². The van der Waals surface area contributed by atoms with Crippen LogP contribution in [0.25, 0.3) is 0 Å². The average molecular weight is 227 g/mol. The lowest BCUT2D eigenvalue weighted by Gasteiger charge is -2.02. The molecule has 0 aliphatic heterocycles. The molecule has 0 N–H and O–H groups in total. The lowest BCUT2D eigenvalue weighted by molar-refractivity contribution is 0.0987. The van der Waals surface area contributed by atoms with Crippen molar-refractivity contribution < 1.29 is 4.79 Å². The Labute approximate surface area is 80.9 Å². The highest BCUT2D eigenvalue weighted by molar-refractivity contribution is 9.08. The Bertz CT molecular complexity index is 281. The molecule has 0 aliphatic rings. The second-order valence-electron chi connectivity index (χ2n) is 2.57. The van der Waals surface area contributed by atoms with Gasteiger partial charge in [0.2, 0.25) is 0 Å². The van der Waals surface area contributed by atoms with Gasteiger partial charge < -0.3 is 0 Å². The summed E-state index contributed by atoms with van der Waals surface area (Å²) in [6, 6.07) is 7.69. The van der Waals surface area contributed by atoms with Crippen molar-refractivity contribution in [2.45, 2.75) is 18.7 Å². The molecular weight excluding hydrogens is 216 g/mol. The number of benzene rings is 1. The molecular formula is C10H11BrO. The number of Topliss-reactive ketones (excluding diaryl/α,β-unsaturated/α-hetero) is 1. The van der Waals surface area contributed by atoms with Gasteiger partial charge in [-0.25, -0.2) is 0 Å². The summed E-state index contributed by atoms with van der Waals surface area (Å²) < 4.78 is 0. The number of carbonyl (C=O) groups excluding carboxylic acids is 1. The molecule has 1 rings (SSSR count). The second kappa shape index (κ2) is 4.41. The van der Waals surface area contributed by atoms with Gasteiger partial charge in [0.25, 0.3) is 0 Å². The molecule has 0 spiro atoms. The minimum absolute atomic E-state index is 0.213. The van der Waals surface area contributed by atoms with Crippen LogP contribution in [0.3, 0.4) is 0 Å². The molecule has 0 bridgehead atoms. The summed E-state index contributed by atoms with van der Waals surface area (Å²) >= 11 is 3.35. The number of hydrogen-bond acceptors (Lipinski definition) is 1. The van der Waals surface area contributed by atoms with E-state index < -0.39 is 0 Å². The minimum Gasteiger partial charge on any atom is -0.294 e. The summed E-state index contributed by atoms with van der Waals surface area (Å²) in [6.45, 7) is 1.88. The molecule has 0 aliphatic carbocycles. The van der Waals surface area contributed by atoms with Gasteiger partial charge in [0.05, 0.1) is 0 Å². The highest BCUT2D eigenvalue weighted by atomic mass is 79.9. The fraction of sp³-hybridized carbons (Fsp3) is 0.300. The molecule has 0 unspecified atom stereocenters. The Morgan fingerprint density at radius 2 is 2.08 bits per heavy atom. The lowest BCUT2D eigenvalue weighted by Crippen LogP contribution is -2.00. The van der Waals surface area contributed by atoms with Crippen LogP contribution in [0.1, 0.15) is 29.3 Å². The maximum Gasteiger partial charge on any atom is 0.162 e. The molecule has 1 aromatic rings. The molecule has 0 aromatic heterocycles. The molecule has 12 heavy (non-hydrogen) atoms. The standard InChI is InChI=1S/C10H11BrO/c1-2-10(12)9-6-4-3-5-8(9)7-11/h3-6H,2,7H2,1H3. The van der Waals surface area contributed by atoms with Crippen LogP contribution >= 0.6 is 15.9 Å². The highest BCUT2D eigenvalue weighted by Crippen LogP contribution is 2.13. The highest BCUT2D eigenvalue weighted by Gasteiger charge is 2.06. The molecule has 0 radical (unpaired) electrons. The van der Waals surface area contributed by atoms with Crippen LogP contribution in [0.5, 0.6) is 0 Å². The van der Waals surface area contributed by atoms with Crippen LogP contribution in [0.2, 0.25) is 0 Å². The summed E-state index contributed by atoms with van der Waals surface area (Å²) in [6.07, 6.45) is 0.573. The van der Waals surface area contributed by atoms with E-state index >= 15 is 0 Å². The second-order valence-corrected chi connectivity index (χ2v) is 3.13. The van der Waals surface area contributed by atoms with Crippen molar-refractivity contribution in [3.05, 3.63) is 35.4 Å². The van der Waals surface area contributed by atoms with Crippen LogP contribution in [-0.4, -0.2) is 5.78 Å². The van der Waals surface area contributed by atoms with Crippen molar-refractivity contribution in [2.75, 3.05) is 0 Å². The quantitative estimate of drug-likeness (QED) is 0.572. The van der Waals surface area contributed by atoms with Crippen molar-refractivity contribution in [2.24, 2.45) is 0 Å². The molecule has 0 saturated heterocycles. The first-order valence-corrected chi connectivity index (χ1v) is 5.08. The van der Waals surface area contributed by atoms with Crippen molar-refractivity contribution in [3.8, 4) is 0 Å². The van der Waals surface area contributed by atoms with Crippen LogP contribution < -0.4 is 0 Å². The number of rotatable bonds is 3. The molecule has 0 saturated carbocycles. The monoisotopic (exact) mass is 226 g/mol. The van der Waals surface area contributed by atoms with Crippen LogP contribution in [0, 0.1) is 0 Å². The maximum absolute atomic E-state index is 11.4. The zero-order valence-corrected chi connectivity index (χ0v) is 8.60. The summed E-state index contributed by atoms with van der Waals surface area (Å²) in [5.41, 5.74) is 1.92. The summed E-state index contributed by atoms with van der Waals surface area (Å²) in [4.78, 5) is 11.4. The van der Waals surface area contributed by atoms with Crippen molar-refractivity contribution in [3.63, 3.8) is 0 Å². The SMILES string of the molecule is CCC(=O)c1ccccc1CBr. The van der Waals surface area contributed by atoms with Crippen molar-refractivity contribution >= 4 is 21.7 Å². The van der Waals surface area contributed by atoms with Crippen LogP contribution in [0.4, 0.5) is 0 Å². The minimum atomic E-state index is 0.213. The van der Waals surface area contributed by atoms with Gasteiger partial charge in [-0.1, -0.05) is 47.1 Å². The zero-order chi connectivity index (χ0) is 8.97. The molecule has 0 amide bonds. The molecule has 0 fully saturated rings. The molecule has 1 aromatic carbocycles. The third kappa shape index (κ3) is 1.95. The van der Waals surface area contributed by atoms with Gasteiger partial charge in [0.15, 0.2) is 5.78 Å². The van der Waals surface area contributed by atoms with Crippen molar-refractivity contribution in [1.82, 2.24) is 0 Å². The fourth-order valence-corrected chi connectivity index (χ4v) is 1.59. The van der Waals surface area contributed by atoms with E-state index in [2.05, 4.69) is 15.9 Å². The third-order valence-corrected chi connectivity index (χ3v) is 2.39. The molecule has 1 nitrogen and oxygen atoms in total. The van der Waals surface area contributed by atoms with Gasteiger partial charge in [-0.3, -0.25) is 4.79 Å². The topological polar surface area (TPSA) is 17.1 Å². The number of alkyl halides is 1. The number of carbonyl (C=O) groups is 1. The van der Waals surface area contributed by atoms with Crippen LogP contribution in [0.15, 0.2) is 24.3 Å². The lowest BCUT2D eigenvalue weighted by atomic mass is 10.0. The first-order valence-electron chi connectivity index (χ1n) is 3.96. The average Bonchev–Trinajstić information content (AvgIpc) is 2.16. The molecule has 2 heteroatoms. The van der Waals surface area contributed by atoms with E-state index in [4.69, 9.17) is 0 Å². The van der Waals surface area contributed by atoms with Gasteiger partial charge >= 0.3 is 0 Å². The smallest absolute Gasteiger partial charge is 0.162 e. The van der Waals surface area contributed by atoms with Gasteiger partial charge in [0, 0.05) is 17.3 Å². The zero-order valence-electron chi connectivity index (χ0n) is 7.01. The largest absolute Gasteiger partial charge is 0.294 e. The van der Waals surface area contributed by atoms with Crippen molar-refractivity contribution in [1.29, 1.82) is 0 Å². The van der Waals surface area contributed by atoms with Gasteiger partial charge in [-0.2, -0.15) is 0 Å². The van der Waals surface area contributed by atoms with E-state index in [1.807, 2.05) is 31.2 Å². The first-order chi connectivity index (χ1) is 5.79. The predicted molar refractivity (Wildman–Crippen MR) is 53.7 cm³/mol. The van der Waals surface area contributed by atoms with E-state index in [0.29, 0.717) is 6.42 Å². The maximum atomic E-state index is 11.4. The Balaban J connectivity index is 3.04. The molecule has 0 heterocycles. The Morgan fingerprint density at radius 1 is 1.42 bits per heavy atom. The normalized spacial score (nSPS) is 9.83. The van der Waals surface area contributed by atoms with E-state index in [1.54, 1.807) is 0 Å². The Morgan fingerprint density at radius 3 is 2.67 bits per heavy atom. The van der Waals surface area contributed by atoms with Crippen LogP contribution in [-0.2, 0) is 5.33 Å². The first kappa shape index (κ1) is 9.46. The van der Waals surface area contributed by atoms with E-state index in [0.717, 1.165) is 16.5 Å². The van der Waals surface area contributed by atoms with E-state index in [1.165, 1.54) is 0 Å². The van der Waals surface area contributed by atoms with Gasteiger partial charge in [-0.15, -0.1) is 0 Å². The summed E-state index contributed by atoms with van der Waals surface area (Å²) in [5, 5.41) is 0.745. The third-order valence-electron chi connectivity index (χ3n) is 1.78. The predicted octanol–water partition coefficient (Wildman–Crippen LogP) is 3.17. The number of hydrogen-bond donors (Lipinski definition) is 0. The van der Waals surface area contributed by atoms with E-state index in [-0.39, 0.29) is 5.78 Å². The Hall–Kier alpha value is -0.630. The van der Waals surface area contributed by atoms with Gasteiger partial charge in [0.1, 0.15) is 0 Å². The summed E-state index contributed by atoms with van der Waals surface area (Å²) in [7, 11) is 0. The molecule has 64 valence electrons. The Kier molecular flexibility index (Phi) is 3.48.